The Labute approximate surface area is 120 Å². The van der Waals surface area contributed by atoms with Gasteiger partial charge < -0.3 is 19.5 Å². The van der Waals surface area contributed by atoms with Gasteiger partial charge in [0.05, 0.1) is 6.61 Å². The third-order valence-corrected chi connectivity index (χ3v) is 3.97. The van der Waals surface area contributed by atoms with Gasteiger partial charge in [-0.25, -0.2) is 0 Å². The molecule has 0 saturated heterocycles. The smallest absolute Gasteiger partial charge is 0.231 e. The zero-order valence-corrected chi connectivity index (χ0v) is 11.9. The Morgan fingerprint density at radius 2 is 1.95 bits per heavy atom. The predicted molar refractivity (Wildman–Crippen MR) is 77.6 cm³/mol. The molecule has 4 heteroatoms. The molecule has 0 spiro atoms. The van der Waals surface area contributed by atoms with Crippen LogP contribution in [0, 0.1) is 0 Å². The third kappa shape index (κ3) is 3.57. The van der Waals surface area contributed by atoms with Gasteiger partial charge in [0.15, 0.2) is 11.5 Å². The zero-order chi connectivity index (χ0) is 13.6. The minimum Gasteiger partial charge on any atom is -0.493 e. The largest absolute Gasteiger partial charge is 0.493 e. The van der Waals surface area contributed by atoms with Crippen LogP contribution in [0.25, 0.3) is 0 Å². The van der Waals surface area contributed by atoms with E-state index in [-0.39, 0.29) is 0 Å². The molecule has 1 aliphatic carbocycles. The Balaban J connectivity index is 1.33. The van der Waals surface area contributed by atoms with Gasteiger partial charge in [-0.05, 0) is 37.9 Å². The molecule has 1 saturated carbocycles. The second-order valence-electron chi connectivity index (χ2n) is 5.51. The molecule has 3 rings (SSSR count). The summed E-state index contributed by atoms with van der Waals surface area (Å²) in [4.78, 5) is 0. The monoisotopic (exact) mass is 277 g/mol. The topological polar surface area (TPSA) is 39.7 Å². The highest BCUT2D eigenvalue weighted by Crippen LogP contribution is 2.35. The molecule has 110 valence electrons. The lowest BCUT2D eigenvalue weighted by molar-refractivity contribution is 0.173. The standard InChI is InChI=1S/C16H23NO3/c1-2-5-13(6-3-1)17-9-4-10-18-14-7-8-15-16(11-14)20-12-19-15/h7-8,11,13,17H,1-6,9-10,12H2. The van der Waals surface area contributed by atoms with E-state index in [2.05, 4.69) is 5.32 Å². The SMILES string of the molecule is c1cc2c(cc1OCCCNC1CCCCC1)OCO2. The summed E-state index contributed by atoms with van der Waals surface area (Å²) < 4.78 is 16.4. The highest BCUT2D eigenvalue weighted by Gasteiger charge is 2.14. The quantitative estimate of drug-likeness (QED) is 0.811. The molecule has 0 aromatic heterocycles. The first-order valence-electron chi connectivity index (χ1n) is 7.68. The number of fused-ring (bicyclic) bond motifs is 1. The number of ether oxygens (including phenoxy) is 3. The maximum atomic E-state index is 5.75. The molecule has 0 atom stereocenters. The Morgan fingerprint density at radius 1 is 1.10 bits per heavy atom. The Hall–Kier alpha value is -1.42. The van der Waals surface area contributed by atoms with Crippen molar-refractivity contribution in [2.75, 3.05) is 19.9 Å². The molecule has 0 radical (unpaired) electrons. The molecular weight excluding hydrogens is 254 g/mol. The molecule has 2 aliphatic rings. The number of rotatable bonds is 6. The van der Waals surface area contributed by atoms with E-state index in [4.69, 9.17) is 14.2 Å². The van der Waals surface area contributed by atoms with E-state index in [9.17, 15) is 0 Å². The van der Waals surface area contributed by atoms with E-state index in [0.29, 0.717) is 6.79 Å². The number of benzene rings is 1. The van der Waals surface area contributed by atoms with Crippen LogP contribution in [0.15, 0.2) is 18.2 Å². The van der Waals surface area contributed by atoms with Gasteiger partial charge in [-0.15, -0.1) is 0 Å². The normalized spacial score (nSPS) is 18.2. The van der Waals surface area contributed by atoms with Gasteiger partial charge in [0.2, 0.25) is 6.79 Å². The van der Waals surface area contributed by atoms with E-state index in [0.717, 1.165) is 42.9 Å². The van der Waals surface area contributed by atoms with Crippen LogP contribution >= 0.6 is 0 Å². The molecule has 4 nitrogen and oxygen atoms in total. The van der Waals surface area contributed by atoms with Crippen LogP contribution in [0.4, 0.5) is 0 Å². The average molecular weight is 277 g/mol. The van der Waals surface area contributed by atoms with E-state index in [1.165, 1.54) is 32.1 Å². The van der Waals surface area contributed by atoms with Gasteiger partial charge >= 0.3 is 0 Å². The second-order valence-corrected chi connectivity index (χ2v) is 5.51. The maximum absolute atomic E-state index is 5.75. The minimum absolute atomic E-state index is 0.310. The van der Waals surface area contributed by atoms with Crippen LogP contribution in [-0.4, -0.2) is 26.0 Å². The summed E-state index contributed by atoms with van der Waals surface area (Å²) >= 11 is 0. The van der Waals surface area contributed by atoms with Crippen molar-refractivity contribution in [3.8, 4) is 17.2 Å². The van der Waals surface area contributed by atoms with Crippen molar-refractivity contribution in [3.63, 3.8) is 0 Å². The Kier molecular flexibility index (Phi) is 4.64. The lowest BCUT2D eigenvalue weighted by Gasteiger charge is -2.22. The average Bonchev–Trinajstić information content (AvgIpc) is 2.95. The number of nitrogens with one attached hydrogen (secondary N) is 1. The third-order valence-electron chi connectivity index (χ3n) is 3.97. The number of hydrogen-bond donors (Lipinski definition) is 1. The fraction of sp³-hybridized carbons (Fsp3) is 0.625. The van der Waals surface area contributed by atoms with Crippen LogP contribution in [0.2, 0.25) is 0 Å². The van der Waals surface area contributed by atoms with Crippen LogP contribution in [0.1, 0.15) is 38.5 Å². The van der Waals surface area contributed by atoms with Gasteiger partial charge in [-0.1, -0.05) is 19.3 Å². The van der Waals surface area contributed by atoms with Crippen molar-refractivity contribution in [1.29, 1.82) is 0 Å². The van der Waals surface area contributed by atoms with E-state index < -0.39 is 0 Å². The fourth-order valence-corrected chi connectivity index (χ4v) is 2.84. The lowest BCUT2D eigenvalue weighted by atomic mass is 9.95. The maximum Gasteiger partial charge on any atom is 0.231 e. The van der Waals surface area contributed by atoms with Crippen molar-refractivity contribution >= 4 is 0 Å². The van der Waals surface area contributed by atoms with Crippen LogP contribution < -0.4 is 19.5 Å². The molecule has 0 amide bonds. The molecule has 1 aliphatic heterocycles. The van der Waals surface area contributed by atoms with E-state index >= 15 is 0 Å². The van der Waals surface area contributed by atoms with Gasteiger partial charge in [0.25, 0.3) is 0 Å². The molecule has 1 aromatic rings. The molecule has 1 heterocycles. The first-order chi connectivity index (χ1) is 9.92. The zero-order valence-electron chi connectivity index (χ0n) is 11.9. The molecule has 0 bridgehead atoms. The lowest BCUT2D eigenvalue weighted by Crippen LogP contribution is -2.32. The van der Waals surface area contributed by atoms with Crippen molar-refractivity contribution < 1.29 is 14.2 Å². The molecule has 0 unspecified atom stereocenters. The summed E-state index contributed by atoms with van der Waals surface area (Å²) in [6.07, 6.45) is 7.87. The molecule has 1 fully saturated rings. The fourth-order valence-electron chi connectivity index (χ4n) is 2.84. The molecule has 20 heavy (non-hydrogen) atoms. The van der Waals surface area contributed by atoms with Crippen molar-refractivity contribution in [3.05, 3.63) is 18.2 Å². The van der Waals surface area contributed by atoms with Crippen LogP contribution in [0.3, 0.4) is 0 Å². The van der Waals surface area contributed by atoms with Gasteiger partial charge in [-0.3, -0.25) is 0 Å². The number of hydrogen-bond acceptors (Lipinski definition) is 4. The highest BCUT2D eigenvalue weighted by molar-refractivity contribution is 5.46. The van der Waals surface area contributed by atoms with Crippen molar-refractivity contribution in [1.82, 2.24) is 5.32 Å². The first kappa shape index (κ1) is 13.6. The summed E-state index contributed by atoms with van der Waals surface area (Å²) in [5, 5.41) is 3.62. The Morgan fingerprint density at radius 3 is 2.85 bits per heavy atom. The molecule has 1 aromatic carbocycles. The molecular formula is C16H23NO3. The summed E-state index contributed by atoms with van der Waals surface area (Å²) in [6, 6.07) is 6.46. The van der Waals surface area contributed by atoms with Gasteiger partial charge in [0.1, 0.15) is 5.75 Å². The van der Waals surface area contributed by atoms with Crippen LogP contribution in [0.5, 0.6) is 17.2 Å². The van der Waals surface area contributed by atoms with Crippen LogP contribution in [-0.2, 0) is 0 Å². The second kappa shape index (κ2) is 6.84. The van der Waals surface area contributed by atoms with Crippen molar-refractivity contribution in [2.24, 2.45) is 0 Å². The minimum atomic E-state index is 0.310. The highest BCUT2D eigenvalue weighted by atomic mass is 16.7. The molecule has 1 N–H and O–H groups in total. The summed E-state index contributed by atoms with van der Waals surface area (Å²) in [6.45, 7) is 2.08. The summed E-state index contributed by atoms with van der Waals surface area (Å²) in [5.74, 6) is 2.44. The summed E-state index contributed by atoms with van der Waals surface area (Å²) in [7, 11) is 0. The Bertz CT molecular complexity index is 430. The van der Waals surface area contributed by atoms with Gasteiger partial charge in [-0.2, -0.15) is 0 Å². The summed E-state index contributed by atoms with van der Waals surface area (Å²) in [5.41, 5.74) is 0. The van der Waals surface area contributed by atoms with E-state index in [1.54, 1.807) is 0 Å². The van der Waals surface area contributed by atoms with E-state index in [1.807, 2.05) is 18.2 Å². The predicted octanol–water partition coefficient (Wildman–Crippen LogP) is 3.11. The van der Waals surface area contributed by atoms with Gasteiger partial charge in [0, 0.05) is 12.1 Å². The first-order valence-corrected chi connectivity index (χ1v) is 7.68. The van der Waals surface area contributed by atoms with Crippen molar-refractivity contribution in [2.45, 2.75) is 44.6 Å².